The van der Waals surface area contributed by atoms with Gasteiger partial charge in [-0.2, -0.15) is 0 Å². The highest BCUT2D eigenvalue weighted by Gasteiger charge is 2.19. The Bertz CT molecular complexity index is 509. The molecule has 1 aliphatic carbocycles. The maximum absolute atomic E-state index is 3.74. The Morgan fingerprint density at radius 2 is 2.10 bits per heavy atom. The third kappa shape index (κ3) is 3.51. The Kier molecular flexibility index (Phi) is 4.92. The summed E-state index contributed by atoms with van der Waals surface area (Å²) in [6, 6.07) is 7.33. The van der Waals surface area contributed by atoms with Crippen LogP contribution < -0.4 is 5.32 Å². The van der Waals surface area contributed by atoms with E-state index in [-0.39, 0.29) is 0 Å². The summed E-state index contributed by atoms with van der Waals surface area (Å²) >= 11 is 3.70. The summed E-state index contributed by atoms with van der Waals surface area (Å²) in [5, 5.41) is 8.18. The fourth-order valence-electron chi connectivity index (χ4n) is 3.11. The van der Waals surface area contributed by atoms with Gasteiger partial charge in [0.1, 0.15) is 0 Å². The van der Waals surface area contributed by atoms with Crippen molar-refractivity contribution in [3.05, 3.63) is 33.8 Å². The molecule has 2 aromatic heterocycles. The number of thiophene rings is 2. The zero-order valence-electron chi connectivity index (χ0n) is 12.1. The molecule has 0 bridgehead atoms. The van der Waals surface area contributed by atoms with Crippen molar-refractivity contribution in [2.45, 2.75) is 51.6 Å². The molecule has 2 heterocycles. The minimum absolute atomic E-state index is 0.655. The van der Waals surface area contributed by atoms with Crippen molar-refractivity contribution in [3.63, 3.8) is 0 Å². The molecule has 3 heteroatoms. The standard InChI is InChI=1S/C17H23NS2/c1-13(14-6-3-2-4-7-14)18-11-16-10-15(12-20-16)17-8-5-9-19-17/h5,8-10,12-14,18H,2-4,6-7,11H2,1H3/t13-/m0/s1. The van der Waals surface area contributed by atoms with E-state index >= 15 is 0 Å². The van der Waals surface area contributed by atoms with Crippen molar-refractivity contribution in [1.29, 1.82) is 0 Å². The van der Waals surface area contributed by atoms with Crippen LogP contribution in [0.4, 0.5) is 0 Å². The van der Waals surface area contributed by atoms with Gasteiger partial charge < -0.3 is 5.32 Å². The minimum Gasteiger partial charge on any atom is -0.309 e. The third-order valence-electron chi connectivity index (χ3n) is 4.41. The van der Waals surface area contributed by atoms with Crippen LogP contribution >= 0.6 is 22.7 Å². The predicted molar refractivity (Wildman–Crippen MR) is 90.5 cm³/mol. The van der Waals surface area contributed by atoms with Gasteiger partial charge >= 0.3 is 0 Å². The van der Waals surface area contributed by atoms with Crippen LogP contribution in [0.1, 0.15) is 43.9 Å². The normalized spacial score (nSPS) is 18.2. The molecule has 0 aromatic carbocycles. The van der Waals surface area contributed by atoms with Gasteiger partial charge in [-0.05, 0) is 48.6 Å². The van der Waals surface area contributed by atoms with Crippen molar-refractivity contribution >= 4 is 22.7 Å². The van der Waals surface area contributed by atoms with E-state index in [0.717, 1.165) is 12.5 Å². The lowest BCUT2D eigenvalue weighted by atomic mass is 9.84. The monoisotopic (exact) mass is 305 g/mol. The van der Waals surface area contributed by atoms with E-state index in [1.807, 2.05) is 22.7 Å². The molecular weight excluding hydrogens is 282 g/mol. The molecule has 108 valence electrons. The van der Waals surface area contributed by atoms with Gasteiger partial charge in [-0.3, -0.25) is 0 Å². The maximum Gasteiger partial charge on any atom is 0.0351 e. The summed E-state index contributed by atoms with van der Waals surface area (Å²) in [7, 11) is 0. The molecule has 0 unspecified atom stereocenters. The van der Waals surface area contributed by atoms with Crippen LogP contribution in [-0.2, 0) is 6.54 Å². The Balaban J connectivity index is 1.53. The number of rotatable bonds is 5. The Labute approximate surface area is 130 Å². The highest BCUT2D eigenvalue weighted by atomic mass is 32.1. The molecule has 1 fully saturated rings. The molecule has 2 aromatic rings. The largest absolute Gasteiger partial charge is 0.309 e. The van der Waals surface area contributed by atoms with Crippen molar-refractivity contribution < 1.29 is 0 Å². The van der Waals surface area contributed by atoms with Gasteiger partial charge in [-0.25, -0.2) is 0 Å². The summed E-state index contributed by atoms with van der Waals surface area (Å²) in [5.41, 5.74) is 1.38. The van der Waals surface area contributed by atoms with Crippen LogP contribution in [0.2, 0.25) is 0 Å². The Morgan fingerprint density at radius 1 is 1.25 bits per heavy atom. The van der Waals surface area contributed by atoms with E-state index in [0.29, 0.717) is 6.04 Å². The summed E-state index contributed by atoms with van der Waals surface area (Å²) in [6.07, 6.45) is 7.13. The van der Waals surface area contributed by atoms with Crippen molar-refractivity contribution in [3.8, 4) is 10.4 Å². The summed E-state index contributed by atoms with van der Waals surface area (Å²) < 4.78 is 0. The average Bonchev–Trinajstić information content (AvgIpc) is 3.16. The zero-order chi connectivity index (χ0) is 13.8. The molecular formula is C17H23NS2. The fraction of sp³-hybridized carbons (Fsp3) is 0.529. The number of nitrogens with one attached hydrogen (secondary N) is 1. The van der Waals surface area contributed by atoms with Crippen LogP contribution in [0.15, 0.2) is 29.0 Å². The second-order valence-electron chi connectivity index (χ2n) is 5.85. The average molecular weight is 306 g/mol. The molecule has 1 saturated carbocycles. The van der Waals surface area contributed by atoms with E-state index in [1.54, 1.807) is 0 Å². The lowest BCUT2D eigenvalue weighted by Gasteiger charge is -2.28. The van der Waals surface area contributed by atoms with E-state index in [4.69, 9.17) is 0 Å². The van der Waals surface area contributed by atoms with E-state index < -0.39 is 0 Å². The maximum atomic E-state index is 3.74. The van der Waals surface area contributed by atoms with E-state index in [2.05, 4.69) is 41.2 Å². The van der Waals surface area contributed by atoms with Crippen molar-refractivity contribution in [1.82, 2.24) is 5.32 Å². The molecule has 0 spiro atoms. The van der Waals surface area contributed by atoms with Crippen LogP contribution in [0, 0.1) is 5.92 Å². The molecule has 0 radical (unpaired) electrons. The molecule has 1 atom stereocenters. The molecule has 0 amide bonds. The first-order valence-corrected chi connectivity index (χ1v) is 9.43. The Morgan fingerprint density at radius 3 is 2.85 bits per heavy atom. The molecule has 0 saturated heterocycles. The first-order valence-electron chi connectivity index (χ1n) is 7.67. The molecule has 0 aliphatic heterocycles. The van der Waals surface area contributed by atoms with Gasteiger partial charge in [-0.1, -0.05) is 25.3 Å². The Hall–Kier alpha value is -0.640. The lowest BCUT2D eigenvalue weighted by molar-refractivity contribution is 0.281. The first-order chi connectivity index (χ1) is 9.83. The van der Waals surface area contributed by atoms with Crippen molar-refractivity contribution in [2.24, 2.45) is 5.92 Å². The minimum atomic E-state index is 0.655. The quantitative estimate of drug-likeness (QED) is 0.765. The first kappa shape index (κ1) is 14.3. The third-order valence-corrected chi connectivity index (χ3v) is 6.27. The van der Waals surface area contributed by atoms with Gasteiger partial charge in [0.15, 0.2) is 0 Å². The molecule has 20 heavy (non-hydrogen) atoms. The van der Waals surface area contributed by atoms with Crippen LogP contribution in [-0.4, -0.2) is 6.04 Å². The number of hydrogen-bond donors (Lipinski definition) is 1. The van der Waals surface area contributed by atoms with Crippen LogP contribution in [0.5, 0.6) is 0 Å². The zero-order valence-corrected chi connectivity index (χ0v) is 13.7. The van der Waals surface area contributed by atoms with Crippen molar-refractivity contribution in [2.75, 3.05) is 0 Å². The summed E-state index contributed by atoms with van der Waals surface area (Å²) in [4.78, 5) is 2.84. The number of hydrogen-bond acceptors (Lipinski definition) is 3. The lowest BCUT2D eigenvalue weighted by Crippen LogP contribution is -2.33. The fourth-order valence-corrected chi connectivity index (χ4v) is 4.73. The van der Waals surface area contributed by atoms with Gasteiger partial charge in [0.25, 0.3) is 0 Å². The SMILES string of the molecule is C[C@H](NCc1cc(-c2cccs2)cs1)C1CCCCC1. The smallest absolute Gasteiger partial charge is 0.0351 e. The van der Waals surface area contributed by atoms with Gasteiger partial charge in [0.05, 0.1) is 0 Å². The van der Waals surface area contributed by atoms with Crippen LogP contribution in [0.3, 0.4) is 0 Å². The molecule has 3 rings (SSSR count). The topological polar surface area (TPSA) is 12.0 Å². The van der Waals surface area contributed by atoms with Gasteiger partial charge in [0, 0.05) is 27.9 Å². The van der Waals surface area contributed by atoms with Crippen LogP contribution in [0.25, 0.3) is 10.4 Å². The van der Waals surface area contributed by atoms with Gasteiger partial charge in [-0.15, -0.1) is 22.7 Å². The van der Waals surface area contributed by atoms with E-state index in [1.165, 1.54) is 47.4 Å². The molecule has 1 aliphatic rings. The summed E-state index contributed by atoms with van der Waals surface area (Å²) in [5.74, 6) is 0.889. The van der Waals surface area contributed by atoms with Gasteiger partial charge in [0.2, 0.25) is 0 Å². The molecule has 1 N–H and O–H groups in total. The highest BCUT2D eigenvalue weighted by Crippen LogP contribution is 2.30. The molecule has 1 nitrogen and oxygen atoms in total. The second-order valence-corrected chi connectivity index (χ2v) is 7.79. The predicted octanol–water partition coefficient (Wildman–Crippen LogP) is 5.54. The highest BCUT2D eigenvalue weighted by molar-refractivity contribution is 7.14. The second kappa shape index (κ2) is 6.88. The van der Waals surface area contributed by atoms with E-state index in [9.17, 15) is 0 Å². The summed E-state index contributed by atoms with van der Waals surface area (Å²) in [6.45, 7) is 3.39.